The molecule has 0 amide bonds. The number of thiophene rings is 1. The lowest BCUT2D eigenvalue weighted by Gasteiger charge is -1.98. The molecule has 2 aromatic heterocycles. The van der Waals surface area contributed by atoms with Crippen LogP contribution in [0.15, 0.2) is 30.5 Å². The Morgan fingerprint density at radius 2 is 2.20 bits per heavy atom. The van der Waals surface area contributed by atoms with Gasteiger partial charge in [0, 0.05) is 10.1 Å². The summed E-state index contributed by atoms with van der Waals surface area (Å²) in [6.07, 6.45) is 0.993. The van der Waals surface area contributed by atoms with Crippen LogP contribution in [0.4, 0.5) is 4.39 Å². The summed E-state index contributed by atoms with van der Waals surface area (Å²) in [7, 11) is 0. The zero-order valence-corrected chi connectivity index (χ0v) is 11.4. The lowest BCUT2D eigenvalue weighted by molar-refractivity contribution is 0.0699. The van der Waals surface area contributed by atoms with Crippen molar-refractivity contribution in [3.63, 3.8) is 0 Å². The van der Waals surface area contributed by atoms with Gasteiger partial charge in [0.15, 0.2) is 5.82 Å². The molecule has 0 aliphatic carbocycles. The van der Waals surface area contributed by atoms with Gasteiger partial charge in [0.2, 0.25) is 5.28 Å². The van der Waals surface area contributed by atoms with Gasteiger partial charge in [-0.25, -0.2) is 19.2 Å². The first kappa shape index (κ1) is 13.0. The maximum atomic E-state index is 13.7. The molecule has 0 radical (unpaired) electrons. The van der Waals surface area contributed by atoms with E-state index >= 15 is 0 Å². The zero-order chi connectivity index (χ0) is 14.3. The molecule has 3 aromatic rings. The van der Waals surface area contributed by atoms with Gasteiger partial charge in [-0.15, -0.1) is 11.3 Å². The molecule has 0 fully saturated rings. The molecule has 7 heteroatoms. The molecule has 0 saturated carbocycles. The Morgan fingerprint density at radius 1 is 1.40 bits per heavy atom. The Bertz CT molecular complexity index is 834. The van der Waals surface area contributed by atoms with Gasteiger partial charge >= 0.3 is 5.97 Å². The Hall–Kier alpha value is -2.05. The van der Waals surface area contributed by atoms with Gasteiger partial charge in [-0.1, -0.05) is 6.07 Å². The van der Waals surface area contributed by atoms with Gasteiger partial charge in [0.05, 0.1) is 16.6 Å². The molecular weight excluding hydrogens is 303 g/mol. The monoisotopic (exact) mass is 308 g/mol. The van der Waals surface area contributed by atoms with E-state index in [-0.39, 0.29) is 16.5 Å². The maximum absolute atomic E-state index is 13.7. The third-order valence-corrected chi connectivity index (χ3v) is 4.03. The van der Waals surface area contributed by atoms with E-state index in [1.54, 1.807) is 18.2 Å². The summed E-state index contributed by atoms with van der Waals surface area (Å²) < 4.78 is 14.5. The first-order chi connectivity index (χ1) is 9.56. The van der Waals surface area contributed by atoms with Crippen LogP contribution in [0, 0.1) is 5.82 Å². The highest BCUT2D eigenvalue weighted by Gasteiger charge is 2.15. The van der Waals surface area contributed by atoms with Crippen molar-refractivity contribution in [3.05, 3.63) is 47.1 Å². The smallest absolute Gasteiger partial charge is 0.336 e. The number of carboxylic acid groups (broad SMARTS) is 1. The first-order valence-corrected chi connectivity index (χ1v) is 6.70. The minimum Gasteiger partial charge on any atom is -0.478 e. The van der Waals surface area contributed by atoms with E-state index < -0.39 is 11.8 Å². The van der Waals surface area contributed by atoms with Crippen molar-refractivity contribution in [3.8, 4) is 10.6 Å². The van der Waals surface area contributed by atoms with Crippen LogP contribution in [0.1, 0.15) is 10.4 Å². The summed E-state index contributed by atoms with van der Waals surface area (Å²) in [5, 5.41) is 9.64. The Morgan fingerprint density at radius 3 is 2.95 bits per heavy atom. The van der Waals surface area contributed by atoms with Crippen LogP contribution < -0.4 is 0 Å². The SMILES string of the molecule is O=C(O)c1cccc2sc(-c3nc(Cl)ncc3F)cc12. The third-order valence-electron chi connectivity index (χ3n) is 2.74. The van der Waals surface area contributed by atoms with Crippen LogP contribution in [-0.4, -0.2) is 21.0 Å². The van der Waals surface area contributed by atoms with E-state index in [1.165, 1.54) is 17.4 Å². The average molecular weight is 309 g/mol. The number of rotatable bonds is 2. The molecule has 4 nitrogen and oxygen atoms in total. The molecule has 0 unspecified atom stereocenters. The molecule has 3 rings (SSSR count). The molecule has 0 atom stereocenters. The summed E-state index contributed by atoms with van der Waals surface area (Å²) in [5.74, 6) is -1.63. The number of hydrogen-bond acceptors (Lipinski definition) is 4. The van der Waals surface area contributed by atoms with E-state index in [9.17, 15) is 9.18 Å². The molecule has 100 valence electrons. The summed E-state index contributed by atoms with van der Waals surface area (Å²) >= 11 is 6.92. The molecule has 0 aliphatic rings. The quantitative estimate of drug-likeness (QED) is 0.730. The van der Waals surface area contributed by atoms with Crippen molar-refractivity contribution in [2.75, 3.05) is 0 Å². The summed E-state index contributed by atoms with van der Waals surface area (Å²) in [6.45, 7) is 0. The van der Waals surface area contributed by atoms with Crippen molar-refractivity contribution < 1.29 is 14.3 Å². The van der Waals surface area contributed by atoms with E-state index in [4.69, 9.17) is 16.7 Å². The zero-order valence-electron chi connectivity index (χ0n) is 9.80. The van der Waals surface area contributed by atoms with Crippen LogP contribution in [0.25, 0.3) is 20.7 Å². The number of nitrogens with zero attached hydrogens (tertiary/aromatic N) is 2. The fourth-order valence-electron chi connectivity index (χ4n) is 1.88. The molecule has 0 aliphatic heterocycles. The molecule has 1 N–H and O–H groups in total. The largest absolute Gasteiger partial charge is 0.478 e. The fraction of sp³-hybridized carbons (Fsp3) is 0. The molecule has 2 heterocycles. The maximum Gasteiger partial charge on any atom is 0.336 e. The van der Waals surface area contributed by atoms with Gasteiger partial charge in [0.1, 0.15) is 5.69 Å². The topological polar surface area (TPSA) is 63.1 Å². The number of aromatic carboxylic acids is 1. The number of fused-ring (bicyclic) bond motifs is 1. The van der Waals surface area contributed by atoms with Gasteiger partial charge in [-0.05, 0) is 29.8 Å². The predicted molar refractivity (Wildman–Crippen MR) is 74.8 cm³/mol. The highest BCUT2D eigenvalue weighted by Crippen LogP contribution is 2.35. The van der Waals surface area contributed by atoms with Crippen LogP contribution in [0.2, 0.25) is 5.28 Å². The fourth-order valence-corrected chi connectivity index (χ4v) is 3.09. The van der Waals surface area contributed by atoms with Crippen molar-refractivity contribution in [2.45, 2.75) is 0 Å². The van der Waals surface area contributed by atoms with E-state index in [0.29, 0.717) is 10.3 Å². The number of aromatic nitrogens is 2. The second kappa shape index (κ2) is 4.81. The average Bonchev–Trinajstić information content (AvgIpc) is 2.84. The van der Waals surface area contributed by atoms with Gasteiger partial charge < -0.3 is 5.11 Å². The van der Waals surface area contributed by atoms with Crippen molar-refractivity contribution >= 4 is 39.0 Å². The molecule has 0 bridgehead atoms. The third kappa shape index (κ3) is 2.13. The van der Waals surface area contributed by atoms with Crippen LogP contribution >= 0.6 is 22.9 Å². The molecular formula is C13H6ClFN2O2S. The summed E-state index contributed by atoms with van der Waals surface area (Å²) in [6, 6.07) is 6.53. The minimum atomic E-state index is -1.03. The van der Waals surface area contributed by atoms with E-state index in [1.807, 2.05) is 0 Å². The number of hydrogen-bond donors (Lipinski definition) is 1. The van der Waals surface area contributed by atoms with E-state index in [0.717, 1.165) is 10.9 Å². The summed E-state index contributed by atoms with van der Waals surface area (Å²) in [4.78, 5) is 19.1. The minimum absolute atomic E-state index is 0.0580. The van der Waals surface area contributed by atoms with E-state index in [2.05, 4.69) is 9.97 Å². The number of halogens is 2. The Labute approximate surface area is 121 Å². The van der Waals surface area contributed by atoms with Crippen LogP contribution in [-0.2, 0) is 0 Å². The molecule has 1 aromatic carbocycles. The molecule has 20 heavy (non-hydrogen) atoms. The Kier molecular flexibility index (Phi) is 3.11. The number of benzene rings is 1. The Balaban J connectivity index is 2.26. The van der Waals surface area contributed by atoms with Crippen molar-refractivity contribution in [2.24, 2.45) is 0 Å². The van der Waals surface area contributed by atoms with Crippen LogP contribution in [0.3, 0.4) is 0 Å². The standard InChI is InChI=1S/C13H6ClFN2O2S/c14-13-16-5-8(15)11(17-13)10-4-7-6(12(18)19)2-1-3-9(7)20-10/h1-5H,(H,18,19). The lowest BCUT2D eigenvalue weighted by atomic mass is 10.1. The number of carbonyl (C=O) groups is 1. The van der Waals surface area contributed by atoms with Crippen molar-refractivity contribution in [1.29, 1.82) is 0 Å². The molecule has 0 spiro atoms. The van der Waals surface area contributed by atoms with Gasteiger partial charge in [0.25, 0.3) is 0 Å². The lowest BCUT2D eigenvalue weighted by Crippen LogP contribution is -1.95. The highest BCUT2D eigenvalue weighted by molar-refractivity contribution is 7.22. The van der Waals surface area contributed by atoms with Crippen LogP contribution in [0.5, 0.6) is 0 Å². The number of carboxylic acids is 1. The second-order valence-corrected chi connectivity index (χ2v) is 5.39. The van der Waals surface area contributed by atoms with Crippen molar-refractivity contribution in [1.82, 2.24) is 9.97 Å². The summed E-state index contributed by atoms with van der Waals surface area (Å²) in [5.41, 5.74) is 0.244. The molecule has 0 saturated heterocycles. The first-order valence-electron chi connectivity index (χ1n) is 5.50. The van der Waals surface area contributed by atoms with Gasteiger partial charge in [-0.2, -0.15) is 0 Å². The normalized spacial score (nSPS) is 10.9. The second-order valence-electron chi connectivity index (χ2n) is 3.97. The predicted octanol–water partition coefficient (Wildman–Crippen LogP) is 3.85. The van der Waals surface area contributed by atoms with Gasteiger partial charge in [-0.3, -0.25) is 0 Å². The highest BCUT2D eigenvalue weighted by atomic mass is 35.5.